The molecule has 1 aromatic carbocycles. The van der Waals surface area contributed by atoms with E-state index in [-0.39, 0.29) is 26.3 Å². The molecule has 0 aliphatic carbocycles. The van der Waals surface area contributed by atoms with Crippen molar-refractivity contribution >= 4 is 21.2 Å². The van der Waals surface area contributed by atoms with Crippen molar-refractivity contribution in [1.82, 2.24) is 9.80 Å². The van der Waals surface area contributed by atoms with Crippen LogP contribution in [0, 0.1) is 0 Å². The molecule has 1 rings (SSSR count). The summed E-state index contributed by atoms with van der Waals surface area (Å²) in [5.74, 6) is -0.0179. The van der Waals surface area contributed by atoms with Crippen molar-refractivity contribution in [3.63, 3.8) is 0 Å². The minimum Gasteiger partial charge on any atom is -0.493 e. The fourth-order valence-corrected chi connectivity index (χ4v) is 4.35. The van der Waals surface area contributed by atoms with Gasteiger partial charge in [0.05, 0.1) is 13.2 Å². The Morgan fingerprint density at radius 2 is 1.56 bits per heavy atom. The second kappa shape index (κ2) is 12.6. The first-order valence-electron chi connectivity index (χ1n) is 9.70. The molecule has 0 amide bonds. The molecule has 4 N–H and O–H groups in total. The first-order valence-corrected chi connectivity index (χ1v) is 13.3. The van der Waals surface area contributed by atoms with Gasteiger partial charge in [0.2, 0.25) is 0 Å². The van der Waals surface area contributed by atoms with Gasteiger partial charge in [0, 0.05) is 30.6 Å². The van der Waals surface area contributed by atoms with Crippen molar-refractivity contribution in [3.8, 4) is 5.75 Å². The van der Waals surface area contributed by atoms with E-state index in [1.807, 2.05) is 0 Å². The number of carbonyl (C=O) groups excluding carboxylic acids is 1. The molecule has 0 heterocycles. The van der Waals surface area contributed by atoms with Gasteiger partial charge in [-0.3, -0.25) is 18.9 Å². The Labute approximate surface area is 187 Å². The van der Waals surface area contributed by atoms with E-state index in [1.165, 1.54) is 9.80 Å². The molecule has 0 aliphatic heterocycles. The van der Waals surface area contributed by atoms with E-state index in [0.717, 1.165) is 0 Å². The van der Waals surface area contributed by atoms with Crippen LogP contribution in [-0.4, -0.2) is 75.2 Å². The van der Waals surface area contributed by atoms with Gasteiger partial charge in [-0.25, -0.2) is 4.79 Å². The van der Waals surface area contributed by atoms with Gasteiger partial charge in [-0.1, -0.05) is 18.7 Å². The molecule has 1 aromatic rings. The van der Waals surface area contributed by atoms with Gasteiger partial charge < -0.3 is 29.0 Å². The Morgan fingerprint density at radius 3 is 2.09 bits per heavy atom. The van der Waals surface area contributed by atoms with Crippen LogP contribution in [0.3, 0.4) is 0 Å². The summed E-state index contributed by atoms with van der Waals surface area (Å²) in [6.07, 6.45) is -0.487. The fraction of sp³-hybridized carbons (Fsp3) is 0.526. The highest BCUT2D eigenvalue weighted by atomic mass is 31.2. The highest BCUT2D eigenvalue weighted by Crippen LogP contribution is 2.37. The number of esters is 1. The molecule has 0 aliphatic rings. The van der Waals surface area contributed by atoms with E-state index in [1.54, 1.807) is 39.2 Å². The second-order valence-electron chi connectivity index (χ2n) is 7.65. The summed E-state index contributed by atoms with van der Waals surface area (Å²) in [4.78, 5) is 51.3. The number of ether oxygens (including phenoxy) is 2. The fourth-order valence-electron chi connectivity index (χ4n) is 2.89. The number of rotatable bonds is 14. The monoisotopic (exact) mass is 494 g/mol. The highest BCUT2D eigenvalue weighted by Gasteiger charge is 2.21. The van der Waals surface area contributed by atoms with Crippen LogP contribution in [0.5, 0.6) is 5.75 Å². The molecule has 0 aromatic heterocycles. The van der Waals surface area contributed by atoms with Crippen LogP contribution < -0.4 is 4.74 Å². The van der Waals surface area contributed by atoms with Gasteiger partial charge in [-0.15, -0.1) is 0 Å². The van der Waals surface area contributed by atoms with Gasteiger partial charge >= 0.3 is 21.2 Å². The van der Waals surface area contributed by atoms with Crippen LogP contribution >= 0.6 is 15.2 Å². The minimum atomic E-state index is -4.28. The maximum Gasteiger partial charge on any atom is 0.339 e. The molecule has 0 atom stereocenters. The quantitative estimate of drug-likeness (QED) is 0.129. The average molecular weight is 494 g/mol. The number of nitrogens with zero attached hydrogens (tertiary/aromatic N) is 2. The summed E-state index contributed by atoms with van der Waals surface area (Å²) in [6.45, 7) is 5.75. The smallest absolute Gasteiger partial charge is 0.339 e. The van der Waals surface area contributed by atoms with Gasteiger partial charge in [0.15, 0.2) is 0 Å². The van der Waals surface area contributed by atoms with Gasteiger partial charge in [-0.05, 0) is 32.6 Å². The van der Waals surface area contributed by atoms with Crippen LogP contribution in [0.15, 0.2) is 30.4 Å². The predicted octanol–water partition coefficient (Wildman–Crippen LogP) is 1.71. The Balaban J connectivity index is 2.96. The van der Waals surface area contributed by atoms with E-state index in [0.29, 0.717) is 28.9 Å². The molecular formula is C19H32N2O9P2. The molecule has 0 fully saturated rings. The Hall–Kier alpha value is -1.55. The topological polar surface area (TPSA) is 157 Å². The lowest BCUT2D eigenvalue weighted by Crippen LogP contribution is -2.24. The van der Waals surface area contributed by atoms with Crippen molar-refractivity contribution in [2.75, 3.05) is 39.9 Å². The Kier molecular flexibility index (Phi) is 11.2. The van der Waals surface area contributed by atoms with Crippen LogP contribution in [0.4, 0.5) is 0 Å². The molecule has 32 heavy (non-hydrogen) atoms. The first kappa shape index (κ1) is 28.5. The zero-order chi connectivity index (χ0) is 24.5. The van der Waals surface area contributed by atoms with E-state index in [9.17, 15) is 33.5 Å². The van der Waals surface area contributed by atoms with Crippen LogP contribution in [0.2, 0.25) is 0 Å². The standard InChI is InChI=1S/C19H32N2O9P2/c1-15(2)19(22)30-10-6-9-29-18-8-5-7-16(11-20(3)13-31(23,24)25)17(18)12-21(4)14-32(26,27)28/h5,7-8H,1,6,9-14H2,2-4H3,(H2,23,24,25)(H2,26,27,28). The highest BCUT2D eigenvalue weighted by molar-refractivity contribution is 7.51. The molecule has 0 saturated carbocycles. The lowest BCUT2D eigenvalue weighted by atomic mass is 10.1. The second-order valence-corrected chi connectivity index (χ2v) is 10.9. The summed E-state index contributed by atoms with van der Waals surface area (Å²) >= 11 is 0. The van der Waals surface area contributed by atoms with Crippen LogP contribution in [0.1, 0.15) is 24.5 Å². The molecule has 0 unspecified atom stereocenters. The average Bonchev–Trinajstić information content (AvgIpc) is 2.60. The molecule has 0 saturated heterocycles. The Bertz CT molecular complexity index is 882. The third-order valence-electron chi connectivity index (χ3n) is 4.08. The zero-order valence-electron chi connectivity index (χ0n) is 18.5. The van der Waals surface area contributed by atoms with Crippen molar-refractivity contribution in [2.24, 2.45) is 0 Å². The van der Waals surface area contributed by atoms with E-state index < -0.39 is 33.7 Å². The minimum absolute atomic E-state index is 0.143. The molecule has 0 bridgehead atoms. The van der Waals surface area contributed by atoms with Crippen LogP contribution in [-0.2, 0) is 31.8 Å². The summed E-state index contributed by atoms with van der Waals surface area (Å²) in [5, 5.41) is 0. The lowest BCUT2D eigenvalue weighted by molar-refractivity contribution is -0.139. The maximum atomic E-state index is 11.4. The summed E-state index contributed by atoms with van der Waals surface area (Å²) in [5.41, 5.74) is 1.64. The van der Waals surface area contributed by atoms with E-state index in [2.05, 4.69) is 6.58 Å². The number of hydrogen-bond acceptors (Lipinski definition) is 7. The van der Waals surface area contributed by atoms with Crippen molar-refractivity contribution < 1.29 is 43.0 Å². The third kappa shape index (κ3) is 11.9. The van der Waals surface area contributed by atoms with E-state index >= 15 is 0 Å². The van der Waals surface area contributed by atoms with Gasteiger partial charge in [-0.2, -0.15) is 0 Å². The predicted molar refractivity (Wildman–Crippen MR) is 119 cm³/mol. The summed E-state index contributed by atoms with van der Waals surface area (Å²) in [7, 11) is -5.41. The molecule has 0 spiro atoms. The normalized spacial score (nSPS) is 12.3. The van der Waals surface area contributed by atoms with Crippen molar-refractivity contribution in [3.05, 3.63) is 41.5 Å². The Morgan fingerprint density at radius 1 is 1.00 bits per heavy atom. The zero-order valence-corrected chi connectivity index (χ0v) is 20.3. The summed E-state index contributed by atoms with van der Waals surface area (Å²) < 4.78 is 33.5. The van der Waals surface area contributed by atoms with Crippen molar-refractivity contribution in [2.45, 2.75) is 26.4 Å². The van der Waals surface area contributed by atoms with Gasteiger partial charge in [0.25, 0.3) is 0 Å². The first-order chi connectivity index (χ1) is 14.7. The molecule has 182 valence electrons. The molecule has 0 radical (unpaired) electrons. The van der Waals surface area contributed by atoms with Gasteiger partial charge in [0.1, 0.15) is 18.3 Å². The summed E-state index contributed by atoms with van der Waals surface area (Å²) in [6, 6.07) is 5.19. The van der Waals surface area contributed by atoms with E-state index in [4.69, 9.17) is 9.47 Å². The largest absolute Gasteiger partial charge is 0.493 e. The number of benzene rings is 1. The SMILES string of the molecule is C=C(C)C(=O)OCCCOc1cccc(CN(C)CP(=O)(O)O)c1CN(C)CP(=O)(O)O. The van der Waals surface area contributed by atoms with Crippen LogP contribution in [0.25, 0.3) is 0 Å². The van der Waals surface area contributed by atoms with Crippen molar-refractivity contribution in [1.29, 1.82) is 0 Å². The molecule has 11 nitrogen and oxygen atoms in total. The number of hydrogen-bond donors (Lipinski definition) is 4. The third-order valence-corrected chi connectivity index (χ3v) is 5.78. The lowest BCUT2D eigenvalue weighted by Gasteiger charge is -2.24. The molecular weight excluding hydrogens is 462 g/mol. The maximum absolute atomic E-state index is 11.4. The molecule has 13 heteroatoms. The number of carbonyl (C=O) groups is 1.